The SMILES string of the molecule is COC(=O)C12COCC(c3c1[nH]c1ccccc31)C1(O)CN(C)CCC21. The Bertz CT molecular complexity index is 893. The van der Waals surface area contributed by atoms with Gasteiger partial charge in [-0.15, -0.1) is 0 Å². The van der Waals surface area contributed by atoms with Crippen molar-refractivity contribution >= 4 is 16.9 Å². The Balaban J connectivity index is 1.87. The summed E-state index contributed by atoms with van der Waals surface area (Å²) in [4.78, 5) is 18.8. The van der Waals surface area contributed by atoms with Gasteiger partial charge in [0.05, 0.1) is 25.9 Å². The third-order valence-electron chi connectivity index (χ3n) is 6.83. The third kappa shape index (κ3) is 1.79. The highest BCUT2D eigenvalue weighted by Crippen LogP contribution is 2.58. The molecule has 4 unspecified atom stereocenters. The molecule has 6 nitrogen and oxygen atoms in total. The molecule has 0 saturated carbocycles. The second kappa shape index (κ2) is 5.31. The van der Waals surface area contributed by atoms with Crippen molar-refractivity contribution < 1.29 is 19.4 Å². The van der Waals surface area contributed by atoms with Crippen molar-refractivity contribution in [2.45, 2.75) is 23.4 Å². The summed E-state index contributed by atoms with van der Waals surface area (Å²) in [5.41, 5.74) is 0.889. The summed E-state index contributed by atoms with van der Waals surface area (Å²) in [6, 6.07) is 8.06. The zero-order valence-corrected chi connectivity index (χ0v) is 15.1. The van der Waals surface area contributed by atoms with Gasteiger partial charge in [-0.05, 0) is 31.6 Å². The van der Waals surface area contributed by atoms with Crippen LogP contribution < -0.4 is 0 Å². The summed E-state index contributed by atoms with van der Waals surface area (Å²) < 4.78 is 11.3. The van der Waals surface area contributed by atoms with E-state index >= 15 is 0 Å². The van der Waals surface area contributed by atoms with Gasteiger partial charge in [-0.2, -0.15) is 0 Å². The van der Waals surface area contributed by atoms with Crippen molar-refractivity contribution in [1.82, 2.24) is 9.88 Å². The molecule has 4 heterocycles. The maximum absolute atomic E-state index is 13.2. The van der Waals surface area contributed by atoms with E-state index < -0.39 is 11.0 Å². The molecule has 0 radical (unpaired) electrons. The van der Waals surface area contributed by atoms with E-state index in [1.165, 1.54) is 7.11 Å². The lowest BCUT2D eigenvalue weighted by molar-refractivity contribution is -0.166. The van der Waals surface area contributed by atoms with Crippen LogP contribution in [0.3, 0.4) is 0 Å². The maximum atomic E-state index is 13.2. The van der Waals surface area contributed by atoms with E-state index in [0.29, 0.717) is 13.2 Å². The van der Waals surface area contributed by atoms with E-state index in [4.69, 9.17) is 9.47 Å². The predicted octanol–water partition coefficient (Wildman–Crippen LogP) is 1.39. The van der Waals surface area contributed by atoms with Crippen molar-refractivity contribution in [3.05, 3.63) is 35.5 Å². The largest absolute Gasteiger partial charge is 0.468 e. The Labute approximate surface area is 152 Å². The van der Waals surface area contributed by atoms with Crippen LogP contribution in [0.15, 0.2) is 24.3 Å². The van der Waals surface area contributed by atoms with Gasteiger partial charge in [-0.3, -0.25) is 4.79 Å². The molecule has 2 N–H and O–H groups in total. The second-order valence-electron chi connectivity index (χ2n) is 8.06. The standard InChI is InChI=1S/C20H24N2O4/c1-22-8-7-15-19(18(23)25-2)11-26-9-13(20(15,24)10-22)16-12-5-3-4-6-14(12)21-17(16)19/h3-6,13,15,21,24H,7-11H2,1-2H3. The topological polar surface area (TPSA) is 74.8 Å². The highest BCUT2D eigenvalue weighted by molar-refractivity contribution is 5.92. The molecule has 1 aromatic heterocycles. The fourth-order valence-corrected chi connectivity index (χ4v) is 5.77. The van der Waals surface area contributed by atoms with Crippen molar-refractivity contribution in [2.75, 3.05) is 40.5 Å². The number of fused-ring (bicyclic) bond motifs is 3. The van der Waals surface area contributed by atoms with Gasteiger partial charge in [-0.25, -0.2) is 0 Å². The Kier molecular flexibility index (Phi) is 3.33. The normalized spacial score (nSPS) is 36.4. The van der Waals surface area contributed by atoms with Crippen LogP contribution >= 0.6 is 0 Å². The minimum absolute atomic E-state index is 0.165. The monoisotopic (exact) mass is 356 g/mol. The number of methoxy groups -OCH3 is 1. The van der Waals surface area contributed by atoms with Crippen molar-refractivity contribution in [2.24, 2.45) is 5.92 Å². The van der Waals surface area contributed by atoms with E-state index in [-0.39, 0.29) is 24.4 Å². The van der Waals surface area contributed by atoms with E-state index in [2.05, 4.69) is 16.0 Å². The van der Waals surface area contributed by atoms with Crippen LogP contribution in [-0.2, 0) is 19.7 Å². The molecule has 0 amide bonds. The second-order valence-corrected chi connectivity index (χ2v) is 8.06. The summed E-state index contributed by atoms with van der Waals surface area (Å²) >= 11 is 0. The molecular formula is C20H24N2O4. The highest BCUT2D eigenvalue weighted by Gasteiger charge is 2.67. The number of β-amino-alcohol motifs (C(OH)–C–C–N with tert-alkyl or cyclic N) is 1. The molecule has 6 rings (SSSR count). The number of benzene rings is 1. The fourth-order valence-electron chi connectivity index (χ4n) is 5.77. The molecule has 138 valence electrons. The number of aliphatic hydroxyl groups is 1. The first-order valence-corrected chi connectivity index (χ1v) is 9.20. The third-order valence-corrected chi connectivity index (χ3v) is 6.83. The van der Waals surface area contributed by atoms with Crippen LogP contribution in [0.25, 0.3) is 10.9 Å². The summed E-state index contributed by atoms with van der Waals surface area (Å²) in [5.74, 6) is -0.716. The number of carbonyl (C=O) groups is 1. The number of nitrogens with zero attached hydrogens (tertiary/aromatic N) is 1. The quantitative estimate of drug-likeness (QED) is 0.756. The number of para-hydroxylation sites is 1. The average Bonchev–Trinajstić information content (AvgIpc) is 2.86. The first-order chi connectivity index (χ1) is 12.5. The molecule has 2 fully saturated rings. The van der Waals surface area contributed by atoms with E-state index in [1.807, 2.05) is 25.2 Å². The number of likely N-dealkylation sites (N-methyl/N-ethyl adjacent to an activating group) is 1. The van der Waals surface area contributed by atoms with Crippen molar-refractivity contribution in [1.29, 1.82) is 0 Å². The summed E-state index contributed by atoms with van der Waals surface area (Å²) in [7, 11) is 3.44. The smallest absolute Gasteiger partial charge is 0.320 e. The van der Waals surface area contributed by atoms with E-state index in [0.717, 1.165) is 35.1 Å². The summed E-state index contributed by atoms with van der Waals surface area (Å²) in [6.07, 6.45) is 0.733. The van der Waals surface area contributed by atoms with Crippen molar-refractivity contribution in [3.63, 3.8) is 0 Å². The number of likely N-dealkylation sites (tertiary alicyclic amines) is 1. The molecular weight excluding hydrogens is 332 g/mol. The molecule has 6 heteroatoms. The molecule has 26 heavy (non-hydrogen) atoms. The first kappa shape index (κ1) is 16.3. The minimum Gasteiger partial charge on any atom is -0.468 e. The molecule has 0 spiro atoms. The van der Waals surface area contributed by atoms with Crippen molar-refractivity contribution in [3.8, 4) is 0 Å². The molecule has 2 bridgehead atoms. The number of piperidine rings is 1. The fraction of sp³-hybridized carbons (Fsp3) is 0.550. The molecule has 4 aliphatic rings. The van der Waals surface area contributed by atoms with Gasteiger partial charge in [0.2, 0.25) is 0 Å². The Morgan fingerprint density at radius 3 is 3.04 bits per heavy atom. The van der Waals surface area contributed by atoms with Crippen LogP contribution in [0.1, 0.15) is 23.6 Å². The minimum atomic E-state index is -1.02. The number of H-pyrrole nitrogens is 1. The van der Waals surface area contributed by atoms with Crippen LogP contribution in [0.2, 0.25) is 0 Å². The predicted molar refractivity (Wildman–Crippen MR) is 96.1 cm³/mol. The maximum Gasteiger partial charge on any atom is 0.320 e. The average molecular weight is 356 g/mol. The van der Waals surface area contributed by atoms with E-state index in [1.54, 1.807) is 0 Å². The van der Waals surface area contributed by atoms with Gasteiger partial charge in [0.25, 0.3) is 0 Å². The van der Waals surface area contributed by atoms with Gasteiger partial charge in [0.15, 0.2) is 0 Å². The Hall–Kier alpha value is -1.89. The number of hydrogen-bond acceptors (Lipinski definition) is 5. The van der Waals surface area contributed by atoms with Gasteiger partial charge in [-0.1, -0.05) is 18.2 Å². The lowest BCUT2D eigenvalue weighted by Crippen LogP contribution is -2.66. The van der Waals surface area contributed by atoms with E-state index in [9.17, 15) is 9.90 Å². The van der Waals surface area contributed by atoms with Gasteiger partial charge in [0.1, 0.15) is 5.41 Å². The number of nitrogens with one attached hydrogen (secondary N) is 1. The molecule has 1 aliphatic carbocycles. The van der Waals surface area contributed by atoms with Gasteiger partial charge >= 0.3 is 5.97 Å². The molecule has 2 saturated heterocycles. The first-order valence-electron chi connectivity index (χ1n) is 9.20. The number of aromatic amines is 1. The zero-order chi connectivity index (χ0) is 18.1. The van der Waals surface area contributed by atoms with Crippen LogP contribution in [0, 0.1) is 5.92 Å². The molecule has 3 aliphatic heterocycles. The number of hydrogen-bond donors (Lipinski definition) is 2. The number of aromatic nitrogens is 1. The van der Waals surface area contributed by atoms with Gasteiger partial charge in [0, 0.05) is 35.0 Å². The number of ether oxygens (including phenoxy) is 2. The summed E-state index contributed by atoms with van der Waals surface area (Å²) in [6.45, 7) is 2.03. The van der Waals surface area contributed by atoms with Crippen LogP contribution in [0.4, 0.5) is 0 Å². The zero-order valence-electron chi connectivity index (χ0n) is 15.1. The lowest BCUT2D eigenvalue weighted by Gasteiger charge is -2.55. The molecule has 1 aromatic carbocycles. The molecule has 2 aromatic rings. The number of rotatable bonds is 1. The Morgan fingerprint density at radius 1 is 1.42 bits per heavy atom. The molecule has 4 atom stereocenters. The van der Waals surface area contributed by atoms with Gasteiger partial charge < -0.3 is 24.5 Å². The lowest BCUT2D eigenvalue weighted by atomic mass is 9.54. The summed E-state index contributed by atoms with van der Waals surface area (Å²) in [5, 5.41) is 13.0. The number of carbonyl (C=O) groups excluding carboxylic acids is 1. The number of esters is 1. The van der Waals surface area contributed by atoms with Crippen LogP contribution in [0.5, 0.6) is 0 Å². The highest BCUT2D eigenvalue weighted by atomic mass is 16.5. The Morgan fingerprint density at radius 2 is 2.23 bits per heavy atom. The van der Waals surface area contributed by atoms with Crippen LogP contribution in [-0.4, -0.2) is 67.0 Å².